The van der Waals surface area contributed by atoms with E-state index in [1.54, 1.807) is 29.2 Å². The Labute approximate surface area is 192 Å². The highest BCUT2D eigenvalue weighted by atomic mass is 32.2. The van der Waals surface area contributed by atoms with Gasteiger partial charge >= 0.3 is 6.18 Å². The van der Waals surface area contributed by atoms with Crippen LogP contribution in [-0.4, -0.2) is 63.9 Å². The molecule has 1 aliphatic heterocycles. The average molecular weight is 484 g/mol. The standard InChI is InChI=1S/C23H28F3N3O3S/c1-18-7-9-20(10-8-18)29(14-11-22(30)28-13-4-12-27(2)15-16-28)33(31,32)21-6-3-5-19(17-21)23(24,25)26/h3,5-10,17H,4,11-16H2,1-2H3. The number of carbonyl (C=O) groups excluding carboxylic acids is 1. The molecule has 1 heterocycles. The maximum atomic E-state index is 13.4. The van der Waals surface area contributed by atoms with E-state index in [0.717, 1.165) is 47.6 Å². The van der Waals surface area contributed by atoms with Crippen molar-refractivity contribution in [1.29, 1.82) is 0 Å². The minimum absolute atomic E-state index is 0.0736. The third-order valence-corrected chi connectivity index (χ3v) is 7.50. The van der Waals surface area contributed by atoms with Crippen LogP contribution in [0.1, 0.15) is 24.0 Å². The van der Waals surface area contributed by atoms with Crippen molar-refractivity contribution in [3.8, 4) is 0 Å². The highest BCUT2D eigenvalue weighted by Crippen LogP contribution is 2.32. The Morgan fingerprint density at radius 3 is 2.39 bits per heavy atom. The SMILES string of the molecule is Cc1ccc(N(CCC(=O)N2CCCN(C)CC2)S(=O)(=O)c2cccc(C(F)(F)F)c2)cc1. The average Bonchev–Trinajstić information content (AvgIpc) is 2.99. The van der Waals surface area contributed by atoms with E-state index >= 15 is 0 Å². The lowest BCUT2D eigenvalue weighted by molar-refractivity contribution is -0.137. The molecule has 0 aromatic heterocycles. The number of benzene rings is 2. The summed E-state index contributed by atoms with van der Waals surface area (Å²) in [5.74, 6) is -0.179. The van der Waals surface area contributed by atoms with Gasteiger partial charge in [-0.25, -0.2) is 8.42 Å². The summed E-state index contributed by atoms with van der Waals surface area (Å²) < 4.78 is 67.4. The first kappa shape index (κ1) is 25.0. The Hall–Kier alpha value is -2.59. The van der Waals surface area contributed by atoms with Gasteiger partial charge in [0.05, 0.1) is 16.1 Å². The monoisotopic (exact) mass is 483 g/mol. The van der Waals surface area contributed by atoms with Crippen LogP contribution in [0.4, 0.5) is 18.9 Å². The van der Waals surface area contributed by atoms with Gasteiger partial charge in [0.2, 0.25) is 5.91 Å². The number of hydrogen-bond acceptors (Lipinski definition) is 4. The fraction of sp³-hybridized carbons (Fsp3) is 0.435. The number of amides is 1. The van der Waals surface area contributed by atoms with E-state index in [-0.39, 0.29) is 18.9 Å². The van der Waals surface area contributed by atoms with E-state index in [1.165, 1.54) is 0 Å². The Bertz CT molecular complexity index is 1070. The van der Waals surface area contributed by atoms with E-state index in [0.29, 0.717) is 24.8 Å². The molecule has 0 unspecified atom stereocenters. The van der Waals surface area contributed by atoms with Gasteiger partial charge in [-0.3, -0.25) is 9.10 Å². The molecule has 0 radical (unpaired) electrons. The fourth-order valence-electron chi connectivity index (χ4n) is 3.71. The number of sulfonamides is 1. The van der Waals surface area contributed by atoms with E-state index in [9.17, 15) is 26.4 Å². The van der Waals surface area contributed by atoms with Crippen molar-refractivity contribution in [2.75, 3.05) is 44.1 Å². The molecule has 0 aliphatic carbocycles. The van der Waals surface area contributed by atoms with Gasteiger partial charge in [0.1, 0.15) is 0 Å². The van der Waals surface area contributed by atoms with Gasteiger partial charge in [-0.1, -0.05) is 23.8 Å². The topological polar surface area (TPSA) is 60.9 Å². The van der Waals surface area contributed by atoms with E-state index in [1.807, 2.05) is 14.0 Å². The van der Waals surface area contributed by atoms with Crippen LogP contribution in [0.3, 0.4) is 0 Å². The maximum absolute atomic E-state index is 13.4. The van der Waals surface area contributed by atoms with Crippen LogP contribution in [-0.2, 0) is 21.0 Å². The fourth-order valence-corrected chi connectivity index (χ4v) is 5.22. The van der Waals surface area contributed by atoms with E-state index in [2.05, 4.69) is 4.90 Å². The molecular weight excluding hydrogens is 455 g/mol. The Balaban J connectivity index is 1.88. The lowest BCUT2D eigenvalue weighted by Crippen LogP contribution is -2.38. The molecule has 0 spiro atoms. The smallest absolute Gasteiger partial charge is 0.341 e. The number of halogens is 3. The summed E-state index contributed by atoms with van der Waals surface area (Å²) in [7, 11) is -2.36. The molecule has 1 amide bonds. The number of likely N-dealkylation sites (N-methyl/N-ethyl adjacent to an activating group) is 1. The number of aryl methyl sites for hydroxylation is 1. The molecule has 0 N–H and O–H groups in total. The number of nitrogens with zero attached hydrogens (tertiary/aromatic N) is 3. The predicted molar refractivity (Wildman–Crippen MR) is 120 cm³/mol. The van der Waals surface area contributed by atoms with Gasteiger partial charge < -0.3 is 9.80 Å². The van der Waals surface area contributed by atoms with Gasteiger partial charge in [-0.05, 0) is 57.3 Å². The molecule has 10 heteroatoms. The minimum Gasteiger partial charge on any atom is -0.341 e. The third kappa shape index (κ3) is 6.26. The first-order valence-corrected chi connectivity index (χ1v) is 12.2. The Morgan fingerprint density at radius 2 is 1.73 bits per heavy atom. The van der Waals surface area contributed by atoms with Crippen molar-refractivity contribution < 1.29 is 26.4 Å². The molecule has 0 atom stereocenters. The Kier molecular flexibility index (Phi) is 7.69. The predicted octanol–water partition coefficient (Wildman–Crippen LogP) is 3.76. The van der Waals surface area contributed by atoms with E-state index < -0.39 is 26.7 Å². The zero-order valence-electron chi connectivity index (χ0n) is 18.7. The summed E-state index contributed by atoms with van der Waals surface area (Å²) in [5.41, 5.74) is 0.151. The van der Waals surface area contributed by atoms with Gasteiger partial charge in [0.15, 0.2) is 0 Å². The maximum Gasteiger partial charge on any atom is 0.416 e. The third-order valence-electron chi connectivity index (χ3n) is 5.67. The number of anilines is 1. The lowest BCUT2D eigenvalue weighted by atomic mass is 10.2. The summed E-state index contributed by atoms with van der Waals surface area (Å²) in [6.07, 6.45) is -3.92. The quantitative estimate of drug-likeness (QED) is 0.628. The number of alkyl halides is 3. The van der Waals surface area contributed by atoms with Crippen LogP contribution in [0.25, 0.3) is 0 Å². The summed E-state index contributed by atoms with van der Waals surface area (Å²) in [5, 5.41) is 0. The van der Waals surface area contributed by atoms with Crippen molar-refractivity contribution in [3.63, 3.8) is 0 Å². The Morgan fingerprint density at radius 1 is 1.03 bits per heavy atom. The first-order valence-electron chi connectivity index (χ1n) is 10.7. The van der Waals surface area contributed by atoms with E-state index in [4.69, 9.17) is 0 Å². The van der Waals surface area contributed by atoms with Crippen LogP contribution < -0.4 is 4.31 Å². The first-order chi connectivity index (χ1) is 15.5. The molecule has 180 valence electrons. The summed E-state index contributed by atoms with van der Waals surface area (Å²) in [4.78, 5) is 16.2. The molecule has 6 nitrogen and oxygen atoms in total. The number of hydrogen-bond donors (Lipinski definition) is 0. The molecule has 1 aliphatic rings. The van der Waals surface area contributed by atoms with Crippen molar-refractivity contribution in [3.05, 3.63) is 59.7 Å². The lowest BCUT2D eigenvalue weighted by Gasteiger charge is -2.27. The van der Waals surface area contributed by atoms with Crippen LogP contribution in [0, 0.1) is 6.92 Å². The van der Waals surface area contributed by atoms with Gasteiger partial charge in [-0.2, -0.15) is 13.2 Å². The number of rotatable bonds is 6. The summed E-state index contributed by atoms with van der Waals surface area (Å²) >= 11 is 0. The number of carbonyl (C=O) groups is 1. The molecule has 2 aromatic rings. The van der Waals surface area contributed by atoms with Crippen LogP contribution in [0.15, 0.2) is 53.4 Å². The van der Waals surface area contributed by atoms with Crippen molar-refractivity contribution >= 4 is 21.6 Å². The second-order valence-corrected chi connectivity index (χ2v) is 10.1. The molecule has 33 heavy (non-hydrogen) atoms. The summed E-state index contributed by atoms with van der Waals surface area (Å²) in [6.45, 7) is 4.43. The van der Waals surface area contributed by atoms with Crippen LogP contribution in [0.5, 0.6) is 0 Å². The van der Waals surface area contributed by atoms with Crippen molar-refractivity contribution in [2.45, 2.75) is 30.8 Å². The largest absolute Gasteiger partial charge is 0.416 e. The second-order valence-electron chi connectivity index (χ2n) is 8.23. The highest BCUT2D eigenvalue weighted by Gasteiger charge is 2.33. The minimum atomic E-state index is -4.67. The molecule has 2 aromatic carbocycles. The van der Waals surface area contributed by atoms with Gasteiger partial charge in [0, 0.05) is 32.6 Å². The van der Waals surface area contributed by atoms with Gasteiger partial charge in [-0.15, -0.1) is 0 Å². The zero-order valence-corrected chi connectivity index (χ0v) is 19.5. The molecule has 1 saturated heterocycles. The normalized spacial score (nSPS) is 15.8. The van der Waals surface area contributed by atoms with Crippen LogP contribution in [0.2, 0.25) is 0 Å². The molecule has 1 fully saturated rings. The zero-order chi connectivity index (χ0) is 24.2. The second kappa shape index (κ2) is 10.1. The van der Waals surface area contributed by atoms with Crippen molar-refractivity contribution in [2.24, 2.45) is 0 Å². The highest BCUT2D eigenvalue weighted by molar-refractivity contribution is 7.92. The summed E-state index contributed by atoms with van der Waals surface area (Å²) in [6, 6.07) is 10.3. The van der Waals surface area contributed by atoms with Crippen molar-refractivity contribution in [1.82, 2.24) is 9.80 Å². The molecular formula is C23H28F3N3O3S. The molecule has 3 rings (SSSR count). The van der Waals surface area contributed by atoms with Crippen LogP contribution >= 0.6 is 0 Å². The molecule has 0 bridgehead atoms. The molecule has 0 saturated carbocycles. The van der Waals surface area contributed by atoms with Gasteiger partial charge in [0.25, 0.3) is 10.0 Å².